The number of benzene rings is 2. The Morgan fingerprint density at radius 2 is 1.62 bits per heavy atom. The fourth-order valence-electron chi connectivity index (χ4n) is 5.28. The molecule has 2 aromatic heterocycles. The third-order valence-corrected chi connectivity index (χ3v) is 10.0. The van der Waals surface area contributed by atoms with Crippen LogP contribution in [0, 0.1) is 20.8 Å². The third-order valence-electron chi connectivity index (χ3n) is 7.37. The van der Waals surface area contributed by atoms with Crippen LogP contribution in [0.4, 0.5) is 5.82 Å². The maximum atomic E-state index is 13.3. The quantitative estimate of drug-likeness (QED) is 0.361. The Labute approximate surface area is 216 Å². The summed E-state index contributed by atoms with van der Waals surface area (Å²) in [5.74, 6) is 0.768. The van der Waals surface area contributed by atoms with Crippen LogP contribution in [-0.2, 0) is 20.1 Å². The molecule has 9 nitrogen and oxygen atoms in total. The van der Waals surface area contributed by atoms with Crippen LogP contribution in [0.5, 0.6) is 0 Å². The van der Waals surface area contributed by atoms with E-state index in [2.05, 4.69) is 9.97 Å². The zero-order valence-electron chi connectivity index (χ0n) is 21.0. The first-order valence-electron chi connectivity index (χ1n) is 11.8. The molecule has 0 amide bonds. The Kier molecular flexibility index (Phi) is 6.12. The molecule has 0 radical (unpaired) electrons. The number of fused-ring (bicyclic) bond motifs is 1. The van der Waals surface area contributed by atoms with Gasteiger partial charge in [-0.15, -0.1) is 0 Å². The van der Waals surface area contributed by atoms with E-state index in [0.29, 0.717) is 22.4 Å². The monoisotopic (exact) mass is 540 g/mol. The highest BCUT2D eigenvalue weighted by Gasteiger charge is 2.37. The average Bonchev–Trinajstić information content (AvgIpc) is 3.24. The highest BCUT2D eigenvalue weighted by Crippen LogP contribution is 2.44. The molecule has 4 aromatic rings. The van der Waals surface area contributed by atoms with Gasteiger partial charge in [0, 0.05) is 19.3 Å². The van der Waals surface area contributed by atoms with Crippen LogP contribution in [0.3, 0.4) is 0 Å². The minimum atomic E-state index is -4.30. The van der Waals surface area contributed by atoms with Gasteiger partial charge in [-0.05, 0) is 80.5 Å². The summed E-state index contributed by atoms with van der Waals surface area (Å²) < 4.78 is 61.0. The number of aryl methyl sites for hydroxylation is 2. The van der Waals surface area contributed by atoms with E-state index in [1.807, 2.05) is 25.8 Å². The summed E-state index contributed by atoms with van der Waals surface area (Å²) in [5.41, 5.74) is 3.79. The molecule has 0 spiro atoms. The van der Waals surface area contributed by atoms with Gasteiger partial charge >= 0.3 is 0 Å². The molecule has 0 bridgehead atoms. The van der Waals surface area contributed by atoms with Gasteiger partial charge in [-0.3, -0.25) is 4.55 Å². The second-order valence-electron chi connectivity index (χ2n) is 9.69. The smallest absolute Gasteiger partial charge is 0.294 e. The van der Waals surface area contributed by atoms with Crippen LogP contribution < -0.4 is 4.90 Å². The molecule has 11 heteroatoms. The first kappa shape index (κ1) is 25.4. The van der Waals surface area contributed by atoms with E-state index < -0.39 is 20.1 Å². The Balaban J connectivity index is 1.43. The Bertz CT molecular complexity index is 1720. The van der Waals surface area contributed by atoms with Gasteiger partial charge in [-0.1, -0.05) is 23.8 Å². The normalized spacial score (nSPS) is 18.1. The lowest BCUT2D eigenvalue weighted by Crippen LogP contribution is -2.42. The average molecular weight is 541 g/mol. The summed E-state index contributed by atoms with van der Waals surface area (Å²) in [6.07, 6.45) is 4.40. The number of hydrogen-bond acceptors (Lipinski definition) is 7. The van der Waals surface area contributed by atoms with Crippen molar-refractivity contribution >= 4 is 37.0 Å². The Morgan fingerprint density at radius 1 is 0.946 bits per heavy atom. The van der Waals surface area contributed by atoms with Gasteiger partial charge in [0.25, 0.3) is 20.1 Å². The van der Waals surface area contributed by atoms with Crippen molar-refractivity contribution in [2.24, 2.45) is 0 Å². The van der Waals surface area contributed by atoms with Crippen LogP contribution in [0.1, 0.15) is 41.0 Å². The van der Waals surface area contributed by atoms with Crippen LogP contribution in [-0.4, -0.2) is 48.4 Å². The number of anilines is 1. The van der Waals surface area contributed by atoms with E-state index in [-0.39, 0.29) is 21.8 Å². The van der Waals surface area contributed by atoms with Gasteiger partial charge < -0.3 is 4.90 Å². The summed E-state index contributed by atoms with van der Waals surface area (Å²) in [7, 11) is -6.20. The fourth-order valence-corrected chi connectivity index (χ4v) is 7.32. The number of hydrogen-bond donors (Lipinski definition) is 1. The van der Waals surface area contributed by atoms with Crippen molar-refractivity contribution in [1.29, 1.82) is 0 Å². The lowest BCUT2D eigenvalue weighted by atomic mass is 9.72. The molecule has 1 aliphatic carbocycles. The lowest BCUT2D eigenvalue weighted by Gasteiger charge is -2.43. The summed E-state index contributed by atoms with van der Waals surface area (Å²) in [4.78, 5) is 10.9. The van der Waals surface area contributed by atoms with Gasteiger partial charge in [0.15, 0.2) is 5.65 Å². The second-order valence-corrected chi connectivity index (χ2v) is 12.9. The fraction of sp³-hybridized carbons (Fsp3) is 0.308. The van der Waals surface area contributed by atoms with E-state index in [9.17, 15) is 21.4 Å². The largest absolute Gasteiger partial charge is 0.356 e. The van der Waals surface area contributed by atoms with Crippen LogP contribution in [0.15, 0.2) is 64.8 Å². The molecule has 0 aliphatic heterocycles. The molecule has 5 rings (SSSR count). The molecule has 2 aromatic carbocycles. The molecule has 2 heterocycles. The Hall–Kier alpha value is -3.28. The molecule has 1 N–H and O–H groups in total. The predicted octanol–water partition coefficient (Wildman–Crippen LogP) is 4.22. The minimum absolute atomic E-state index is 0.0569. The van der Waals surface area contributed by atoms with Gasteiger partial charge in [-0.2, -0.15) is 8.42 Å². The highest BCUT2D eigenvalue weighted by atomic mass is 32.2. The molecule has 0 atom stereocenters. The summed E-state index contributed by atoms with van der Waals surface area (Å²) >= 11 is 0. The van der Waals surface area contributed by atoms with Crippen molar-refractivity contribution in [1.82, 2.24) is 13.9 Å². The first-order chi connectivity index (χ1) is 17.4. The second kappa shape index (κ2) is 8.93. The topological polar surface area (TPSA) is 122 Å². The van der Waals surface area contributed by atoms with Crippen molar-refractivity contribution in [2.75, 3.05) is 11.9 Å². The number of rotatable bonds is 6. The van der Waals surface area contributed by atoms with Gasteiger partial charge in [0.1, 0.15) is 12.1 Å². The van der Waals surface area contributed by atoms with Crippen molar-refractivity contribution < 1.29 is 21.4 Å². The SMILES string of the molecule is Cc1ccc(S(=O)(=O)n2ccc3c(N(C)C4CC(c5c(C)ccc(S(=O)(=O)O)c5C)C4)ncnc32)cc1. The van der Waals surface area contributed by atoms with Crippen molar-refractivity contribution in [3.05, 3.63) is 77.2 Å². The molecule has 37 heavy (non-hydrogen) atoms. The maximum absolute atomic E-state index is 13.3. The van der Waals surface area contributed by atoms with E-state index in [1.165, 1.54) is 22.6 Å². The maximum Gasteiger partial charge on any atom is 0.294 e. The molecular weight excluding hydrogens is 512 g/mol. The predicted molar refractivity (Wildman–Crippen MR) is 141 cm³/mol. The summed E-state index contributed by atoms with van der Waals surface area (Å²) in [6.45, 7) is 5.57. The van der Waals surface area contributed by atoms with Gasteiger partial charge in [0.2, 0.25) is 0 Å². The molecular formula is C26H28N4O5S2. The minimum Gasteiger partial charge on any atom is -0.356 e. The van der Waals surface area contributed by atoms with Gasteiger partial charge in [0.05, 0.1) is 15.2 Å². The molecule has 0 unspecified atom stereocenters. The Morgan fingerprint density at radius 3 is 2.27 bits per heavy atom. The van der Waals surface area contributed by atoms with Crippen LogP contribution >= 0.6 is 0 Å². The van der Waals surface area contributed by atoms with Gasteiger partial charge in [-0.25, -0.2) is 22.4 Å². The third kappa shape index (κ3) is 4.30. The summed E-state index contributed by atoms with van der Waals surface area (Å²) in [6, 6.07) is 11.7. The lowest BCUT2D eigenvalue weighted by molar-refractivity contribution is 0.336. The van der Waals surface area contributed by atoms with Crippen LogP contribution in [0.25, 0.3) is 11.0 Å². The van der Waals surface area contributed by atoms with Crippen LogP contribution in [0.2, 0.25) is 0 Å². The van der Waals surface area contributed by atoms with Crippen molar-refractivity contribution in [3.63, 3.8) is 0 Å². The molecule has 1 aliphatic rings. The molecule has 0 saturated heterocycles. The summed E-state index contributed by atoms with van der Waals surface area (Å²) in [5, 5.41) is 0.630. The van der Waals surface area contributed by atoms with Crippen molar-refractivity contribution in [3.8, 4) is 0 Å². The van der Waals surface area contributed by atoms with Crippen molar-refractivity contribution in [2.45, 2.75) is 55.4 Å². The first-order valence-corrected chi connectivity index (χ1v) is 14.7. The molecule has 194 valence electrons. The number of aromatic nitrogens is 3. The van der Waals surface area contributed by atoms with E-state index >= 15 is 0 Å². The number of nitrogens with zero attached hydrogens (tertiary/aromatic N) is 4. The zero-order chi connectivity index (χ0) is 26.7. The zero-order valence-corrected chi connectivity index (χ0v) is 22.6. The van der Waals surface area contributed by atoms with E-state index in [1.54, 1.807) is 43.3 Å². The van der Waals surface area contributed by atoms with E-state index in [4.69, 9.17) is 0 Å². The molecule has 1 saturated carbocycles. The standard InChI is InChI=1S/C26H28N4O5S2/c1-16-5-8-21(9-6-16)36(31,32)30-12-11-22-25(27-15-28-26(22)30)29(4)20-13-19(14-20)24-17(2)7-10-23(18(24)3)37(33,34)35/h5-12,15,19-20H,13-14H2,1-4H3,(H,33,34,35). The van der Waals surface area contributed by atoms with E-state index in [0.717, 1.165) is 29.5 Å². The molecule has 1 fully saturated rings. The highest BCUT2D eigenvalue weighted by molar-refractivity contribution is 7.90.